The van der Waals surface area contributed by atoms with Crippen LogP contribution in [0.5, 0.6) is 11.5 Å². The topological polar surface area (TPSA) is 117 Å². The van der Waals surface area contributed by atoms with Crippen molar-refractivity contribution in [1.82, 2.24) is 0 Å². The maximum atomic E-state index is 12.3. The molecule has 0 aromatic heterocycles. The number of anilines is 1. The van der Waals surface area contributed by atoms with Crippen LogP contribution in [0.15, 0.2) is 36.4 Å². The smallest absolute Gasteiger partial charge is 0.344 e. The van der Waals surface area contributed by atoms with Gasteiger partial charge in [-0.15, -0.1) is 0 Å². The zero-order chi connectivity index (χ0) is 21.6. The standard InChI is InChI=1S/C20H22N2O7/c1-12-6-5-7-17(13(12)2)28-11-19(23)29-14(3)20(24)21-16-10-15(22(25)26)8-9-18(16)27-4/h5-10,14H,11H2,1-4H3,(H,21,24)/t14-/m0/s1. The molecule has 0 saturated heterocycles. The van der Waals surface area contributed by atoms with Crippen LogP contribution in [0.25, 0.3) is 0 Å². The summed E-state index contributed by atoms with van der Waals surface area (Å²) in [7, 11) is 1.37. The number of methoxy groups -OCH3 is 1. The molecule has 0 unspecified atom stereocenters. The number of non-ortho nitro benzene ring substituents is 1. The number of rotatable bonds is 8. The Morgan fingerprint density at radius 2 is 1.90 bits per heavy atom. The number of nitrogens with one attached hydrogen (secondary N) is 1. The number of carbonyl (C=O) groups is 2. The van der Waals surface area contributed by atoms with Gasteiger partial charge in [0.25, 0.3) is 11.6 Å². The number of amides is 1. The summed E-state index contributed by atoms with van der Waals surface area (Å²) in [6.45, 7) is 4.82. The van der Waals surface area contributed by atoms with Crippen molar-refractivity contribution in [3.05, 3.63) is 57.6 Å². The molecule has 29 heavy (non-hydrogen) atoms. The average molecular weight is 402 g/mol. The molecule has 0 aliphatic carbocycles. The second kappa shape index (κ2) is 9.54. The van der Waals surface area contributed by atoms with Gasteiger partial charge >= 0.3 is 5.97 Å². The van der Waals surface area contributed by atoms with Gasteiger partial charge in [0.05, 0.1) is 17.7 Å². The van der Waals surface area contributed by atoms with Crippen LogP contribution >= 0.6 is 0 Å². The third-order valence-corrected chi connectivity index (χ3v) is 4.23. The molecule has 1 atom stereocenters. The van der Waals surface area contributed by atoms with E-state index in [1.165, 1.54) is 26.2 Å². The fourth-order valence-corrected chi connectivity index (χ4v) is 2.44. The fourth-order valence-electron chi connectivity index (χ4n) is 2.44. The molecule has 2 rings (SSSR count). The SMILES string of the molecule is COc1ccc([N+](=O)[O-])cc1NC(=O)[C@H](C)OC(=O)COc1cccc(C)c1C. The van der Waals surface area contributed by atoms with Crippen molar-refractivity contribution in [2.24, 2.45) is 0 Å². The van der Waals surface area contributed by atoms with E-state index in [4.69, 9.17) is 14.2 Å². The summed E-state index contributed by atoms with van der Waals surface area (Å²) in [5.41, 5.74) is 1.81. The van der Waals surface area contributed by atoms with Gasteiger partial charge < -0.3 is 19.5 Å². The van der Waals surface area contributed by atoms with Crippen LogP contribution < -0.4 is 14.8 Å². The molecule has 0 fully saturated rings. The number of nitrogens with zero attached hydrogens (tertiary/aromatic N) is 1. The number of hydrogen-bond donors (Lipinski definition) is 1. The zero-order valence-electron chi connectivity index (χ0n) is 16.6. The van der Waals surface area contributed by atoms with Gasteiger partial charge in [0.2, 0.25) is 0 Å². The second-order valence-corrected chi connectivity index (χ2v) is 6.25. The van der Waals surface area contributed by atoms with Gasteiger partial charge in [0, 0.05) is 12.1 Å². The quantitative estimate of drug-likeness (QED) is 0.409. The summed E-state index contributed by atoms with van der Waals surface area (Å²) in [4.78, 5) is 34.6. The Hall–Kier alpha value is -3.62. The number of nitro benzene ring substituents is 1. The Balaban J connectivity index is 1.96. The van der Waals surface area contributed by atoms with Crippen molar-refractivity contribution >= 4 is 23.3 Å². The van der Waals surface area contributed by atoms with Gasteiger partial charge in [0.15, 0.2) is 12.7 Å². The molecule has 2 aromatic rings. The lowest BCUT2D eigenvalue weighted by Gasteiger charge is -2.16. The van der Waals surface area contributed by atoms with Crippen LogP contribution in [-0.2, 0) is 14.3 Å². The van der Waals surface area contributed by atoms with Crippen LogP contribution in [-0.4, -0.2) is 36.6 Å². The van der Waals surface area contributed by atoms with E-state index in [-0.39, 0.29) is 23.7 Å². The van der Waals surface area contributed by atoms with E-state index in [9.17, 15) is 19.7 Å². The summed E-state index contributed by atoms with van der Waals surface area (Å²) < 4.78 is 15.6. The summed E-state index contributed by atoms with van der Waals surface area (Å²) in [6.07, 6.45) is -1.14. The van der Waals surface area contributed by atoms with E-state index >= 15 is 0 Å². The maximum Gasteiger partial charge on any atom is 0.344 e. The highest BCUT2D eigenvalue weighted by Crippen LogP contribution is 2.29. The number of esters is 1. The first-order valence-corrected chi connectivity index (χ1v) is 8.74. The number of nitro groups is 1. The number of aryl methyl sites for hydroxylation is 1. The van der Waals surface area contributed by atoms with E-state index in [1.807, 2.05) is 26.0 Å². The molecule has 0 radical (unpaired) electrons. The van der Waals surface area contributed by atoms with Gasteiger partial charge in [-0.25, -0.2) is 4.79 Å². The van der Waals surface area contributed by atoms with E-state index in [2.05, 4.69) is 5.32 Å². The lowest BCUT2D eigenvalue weighted by Crippen LogP contribution is -2.31. The predicted octanol–water partition coefficient (Wildman–Crippen LogP) is 3.17. The minimum atomic E-state index is -1.14. The number of ether oxygens (including phenoxy) is 3. The Kier molecular flexibility index (Phi) is 7.13. The third-order valence-electron chi connectivity index (χ3n) is 4.23. The molecule has 0 bridgehead atoms. The van der Waals surface area contributed by atoms with Crippen LogP contribution in [0, 0.1) is 24.0 Å². The zero-order valence-corrected chi connectivity index (χ0v) is 16.6. The molecule has 0 aliphatic rings. The van der Waals surface area contributed by atoms with E-state index < -0.39 is 22.9 Å². The van der Waals surface area contributed by atoms with E-state index in [0.29, 0.717) is 5.75 Å². The first kappa shape index (κ1) is 21.7. The lowest BCUT2D eigenvalue weighted by atomic mass is 10.1. The summed E-state index contributed by atoms with van der Waals surface area (Å²) in [6, 6.07) is 9.25. The van der Waals surface area contributed by atoms with Gasteiger partial charge in [-0.2, -0.15) is 0 Å². The highest BCUT2D eigenvalue weighted by molar-refractivity contribution is 5.96. The van der Waals surface area contributed by atoms with Crippen LogP contribution in [0.2, 0.25) is 0 Å². The number of benzene rings is 2. The minimum absolute atomic E-state index is 0.0984. The minimum Gasteiger partial charge on any atom is -0.495 e. The molecular weight excluding hydrogens is 380 g/mol. The number of carbonyl (C=O) groups excluding carboxylic acids is 2. The highest BCUT2D eigenvalue weighted by Gasteiger charge is 2.21. The molecule has 0 spiro atoms. The Morgan fingerprint density at radius 3 is 2.55 bits per heavy atom. The maximum absolute atomic E-state index is 12.3. The predicted molar refractivity (Wildman–Crippen MR) is 105 cm³/mol. The first-order chi connectivity index (χ1) is 13.7. The Labute approximate surface area is 167 Å². The van der Waals surface area contributed by atoms with Gasteiger partial charge in [-0.1, -0.05) is 12.1 Å². The molecule has 1 amide bonds. The van der Waals surface area contributed by atoms with Gasteiger partial charge in [0.1, 0.15) is 11.5 Å². The third kappa shape index (κ3) is 5.68. The second-order valence-electron chi connectivity index (χ2n) is 6.25. The number of hydrogen-bond acceptors (Lipinski definition) is 7. The van der Waals surface area contributed by atoms with Crippen molar-refractivity contribution in [1.29, 1.82) is 0 Å². The summed E-state index contributed by atoms with van der Waals surface area (Å²) in [5.74, 6) is -0.593. The van der Waals surface area contributed by atoms with Crippen LogP contribution in [0.3, 0.4) is 0 Å². The Morgan fingerprint density at radius 1 is 1.17 bits per heavy atom. The van der Waals surface area contributed by atoms with Gasteiger partial charge in [-0.05, 0) is 44.0 Å². The fraction of sp³-hybridized carbons (Fsp3) is 0.300. The monoisotopic (exact) mass is 402 g/mol. The summed E-state index contributed by atoms with van der Waals surface area (Å²) in [5, 5.41) is 13.4. The lowest BCUT2D eigenvalue weighted by molar-refractivity contribution is -0.384. The molecule has 0 aliphatic heterocycles. The molecule has 2 aromatic carbocycles. The molecular formula is C20H22N2O7. The van der Waals surface area contributed by atoms with E-state index in [1.54, 1.807) is 6.07 Å². The van der Waals surface area contributed by atoms with Crippen molar-refractivity contribution in [3.8, 4) is 11.5 Å². The Bertz CT molecular complexity index is 927. The van der Waals surface area contributed by atoms with Gasteiger partial charge in [-0.3, -0.25) is 14.9 Å². The highest BCUT2D eigenvalue weighted by atomic mass is 16.6. The van der Waals surface area contributed by atoms with Crippen molar-refractivity contribution in [3.63, 3.8) is 0 Å². The molecule has 154 valence electrons. The molecule has 0 heterocycles. The molecule has 9 heteroatoms. The normalized spacial score (nSPS) is 11.3. The van der Waals surface area contributed by atoms with Crippen LogP contribution in [0.1, 0.15) is 18.1 Å². The van der Waals surface area contributed by atoms with Crippen molar-refractivity contribution in [2.75, 3.05) is 19.0 Å². The van der Waals surface area contributed by atoms with Crippen molar-refractivity contribution in [2.45, 2.75) is 26.9 Å². The molecule has 9 nitrogen and oxygen atoms in total. The molecule has 1 N–H and O–H groups in total. The van der Waals surface area contributed by atoms with Crippen molar-refractivity contribution < 1.29 is 28.7 Å². The van der Waals surface area contributed by atoms with E-state index in [0.717, 1.165) is 17.2 Å². The largest absolute Gasteiger partial charge is 0.495 e. The summed E-state index contributed by atoms with van der Waals surface area (Å²) >= 11 is 0. The van der Waals surface area contributed by atoms with Crippen LogP contribution in [0.4, 0.5) is 11.4 Å². The average Bonchev–Trinajstić information content (AvgIpc) is 2.68. The first-order valence-electron chi connectivity index (χ1n) is 8.74. The molecule has 0 saturated carbocycles.